The number of aryl methyl sites for hydroxylation is 1. The fourth-order valence-electron chi connectivity index (χ4n) is 3.28. The van der Waals surface area contributed by atoms with Gasteiger partial charge in [0.05, 0.1) is 18.0 Å². The molecule has 0 spiro atoms. The second-order valence-electron chi connectivity index (χ2n) is 7.34. The van der Waals surface area contributed by atoms with Crippen molar-refractivity contribution in [2.45, 2.75) is 20.5 Å². The van der Waals surface area contributed by atoms with Crippen LogP contribution in [0.1, 0.15) is 18.2 Å². The lowest BCUT2D eigenvalue weighted by molar-refractivity contribution is 0.262. The minimum atomic E-state index is -0.404. The maximum Gasteiger partial charge on any atom is 0.323 e. The first-order chi connectivity index (χ1) is 16.0. The summed E-state index contributed by atoms with van der Waals surface area (Å²) in [7, 11) is 0. The number of benzene rings is 2. The van der Waals surface area contributed by atoms with Gasteiger partial charge in [0.1, 0.15) is 23.8 Å². The third-order valence-electron chi connectivity index (χ3n) is 4.79. The molecule has 2 N–H and O–H groups in total. The minimum Gasteiger partial charge on any atom is -0.492 e. The van der Waals surface area contributed by atoms with Crippen LogP contribution in [0, 0.1) is 6.92 Å². The van der Waals surface area contributed by atoms with E-state index in [1.54, 1.807) is 42.6 Å². The van der Waals surface area contributed by atoms with Gasteiger partial charge in [-0.3, -0.25) is 9.20 Å². The number of carbonyl (C=O) groups is 1. The van der Waals surface area contributed by atoms with E-state index in [0.29, 0.717) is 40.8 Å². The van der Waals surface area contributed by atoms with Crippen molar-refractivity contribution in [3.05, 3.63) is 94.5 Å². The molecule has 0 radical (unpaired) electrons. The highest BCUT2D eigenvalue weighted by atomic mass is 16.5. The molecular weight excluding hydrogens is 420 g/mol. The highest BCUT2D eigenvalue weighted by molar-refractivity contribution is 6.00. The smallest absolute Gasteiger partial charge is 0.323 e. The molecular formula is C25H24N4O4. The topological polar surface area (TPSA) is 94.0 Å². The number of hydrogen-bond acceptors (Lipinski definition) is 5. The number of amides is 2. The van der Waals surface area contributed by atoms with Gasteiger partial charge in [0.15, 0.2) is 0 Å². The van der Waals surface area contributed by atoms with Crippen molar-refractivity contribution < 1.29 is 14.3 Å². The van der Waals surface area contributed by atoms with Crippen LogP contribution in [-0.4, -0.2) is 22.0 Å². The molecule has 2 aromatic heterocycles. The van der Waals surface area contributed by atoms with E-state index in [1.165, 1.54) is 10.5 Å². The molecule has 2 heterocycles. The summed E-state index contributed by atoms with van der Waals surface area (Å²) in [5.74, 6) is 1.13. The number of rotatable bonds is 7. The maximum absolute atomic E-state index is 12.5. The van der Waals surface area contributed by atoms with E-state index in [4.69, 9.17) is 9.47 Å². The molecule has 0 saturated carbocycles. The number of urea groups is 1. The fourth-order valence-corrected chi connectivity index (χ4v) is 3.28. The molecule has 4 aromatic rings. The lowest BCUT2D eigenvalue weighted by atomic mass is 10.3. The van der Waals surface area contributed by atoms with Crippen molar-refractivity contribution >= 4 is 23.1 Å². The first-order valence-electron chi connectivity index (χ1n) is 10.5. The number of nitrogens with zero attached hydrogens (tertiary/aromatic N) is 2. The van der Waals surface area contributed by atoms with E-state index in [1.807, 2.05) is 38.1 Å². The van der Waals surface area contributed by atoms with E-state index in [2.05, 4.69) is 15.6 Å². The van der Waals surface area contributed by atoms with Gasteiger partial charge in [0.25, 0.3) is 5.56 Å². The molecule has 0 atom stereocenters. The third-order valence-corrected chi connectivity index (χ3v) is 4.79. The van der Waals surface area contributed by atoms with Crippen LogP contribution in [0.3, 0.4) is 0 Å². The monoisotopic (exact) mass is 444 g/mol. The van der Waals surface area contributed by atoms with E-state index in [-0.39, 0.29) is 12.2 Å². The first kappa shape index (κ1) is 21.9. The Morgan fingerprint density at radius 1 is 1.00 bits per heavy atom. The van der Waals surface area contributed by atoms with Gasteiger partial charge in [0, 0.05) is 24.0 Å². The van der Waals surface area contributed by atoms with Crippen LogP contribution < -0.4 is 25.7 Å². The lowest BCUT2D eigenvalue weighted by Gasteiger charge is -2.13. The van der Waals surface area contributed by atoms with Crippen LogP contribution in [0.4, 0.5) is 16.2 Å². The van der Waals surface area contributed by atoms with Crippen molar-refractivity contribution in [3.63, 3.8) is 0 Å². The molecule has 0 aliphatic heterocycles. The second-order valence-corrected chi connectivity index (χ2v) is 7.34. The Labute approximate surface area is 190 Å². The minimum absolute atomic E-state index is 0.122. The van der Waals surface area contributed by atoms with Gasteiger partial charge in [0.2, 0.25) is 0 Å². The van der Waals surface area contributed by atoms with Gasteiger partial charge in [-0.1, -0.05) is 18.2 Å². The fraction of sp³-hybridized carbons (Fsp3) is 0.160. The number of carbonyl (C=O) groups excluding carboxylic acids is 1. The Kier molecular flexibility index (Phi) is 6.54. The number of hydrogen-bond donors (Lipinski definition) is 2. The summed E-state index contributed by atoms with van der Waals surface area (Å²) in [6, 6.07) is 19.0. The highest BCUT2D eigenvalue weighted by Crippen LogP contribution is 2.24. The molecule has 2 aromatic carbocycles. The number of anilines is 2. The van der Waals surface area contributed by atoms with Crippen LogP contribution in [0.15, 0.2) is 77.7 Å². The SMILES string of the molecule is CCOc1ccccc1NC(=O)Nc1cccc(OCc2cc(=O)n3ccc(C)cc3n2)c1. The summed E-state index contributed by atoms with van der Waals surface area (Å²) >= 11 is 0. The van der Waals surface area contributed by atoms with Crippen molar-refractivity contribution in [1.29, 1.82) is 0 Å². The van der Waals surface area contributed by atoms with Crippen LogP contribution >= 0.6 is 0 Å². The summed E-state index contributed by atoms with van der Waals surface area (Å²) < 4.78 is 12.8. The van der Waals surface area contributed by atoms with Crippen molar-refractivity contribution in [2.75, 3.05) is 17.2 Å². The molecule has 4 rings (SSSR count). The lowest BCUT2D eigenvalue weighted by Crippen LogP contribution is -2.20. The highest BCUT2D eigenvalue weighted by Gasteiger charge is 2.09. The number of aromatic nitrogens is 2. The number of nitrogens with one attached hydrogen (secondary N) is 2. The Balaban J connectivity index is 1.42. The second kappa shape index (κ2) is 9.86. The molecule has 168 valence electrons. The van der Waals surface area contributed by atoms with E-state index in [9.17, 15) is 9.59 Å². The van der Waals surface area contributed by atoms with E-state index in [0.717, 1.165) is 5.56 Å². The zero-order valence-corrected chi connectivity index (χ0v) is 18.4. The van der Waals surface area contributed by atoms with Crippen LogP contribution in [0.2, 0.25) is 0 Å². The molecule has 0 aliphatic rings. The maximum atomic E-state index is 12.5. The molecule has 0 unspecified atom stereocenters. The van der Waals surface area contributed by atoms with Gasteiger partial charge in [-0.2, -0.15) is 0 Å². The van der Waals surface area contributed by atoms with E-state index >= 15 is 0 Å². The van der Waals surface area contributed by atoms with Crippen molar-refractivity contribution in [1.82, 2.24) is 9.38 Å². The predicted molar refractivity (Wildman–Crippen MR) is 127 cm³/mol. The molecule has 0 bridgehead atoms. The summed E-state index contributed by atoms with van der Waals surface area (Å²) in [5.41, 5.74) is 3.07. The van der Waals surface area contributed by atoms with Crippen LogP contribution in [-0.2, 0) is 6.61 Å². The summed E-state index contributed by atoms with van der Waals surface area (Å²) in [6.45, 7) is 4.45. The normalized spacial score (nSPS) is 10.6. The van der Waals surface area contributed by atoms with Crippen LogP contribution in [0.25, 0.3) is 5.65 Å². The standard InChI is InChI=1S/C25H24N4O4/c1-3-32-22-10-5-4-9-21(22)28-25(31)27-18-7-6-8-20(14-18)33-16-19-15-24(30)29-12-11-17(2)13-23(29)26-19/h4-15H,3,16H2,1-2H3,(H2,27,28,31). The zero-order valence-electron chi connectivity index (χ0n) is 18.4. The Bertz CT molecular complexity index is 1350. The number of pyridine rings is 1. The average molecular weight is 444 g/mol. The Morgan fingerprint density at radius 3 is 2.70 bits per heavy atom. The first-order valence-corrected chi connectivity index (χ1v) is 10.5. The van der Waals surface area contributed by atoms with Crippen molar-refractivity contribution in [3.8, 4) is 11.5 Å². The summed E-state index contributed by atoms with van der Waals surface area (Å²) in [5, 5.41) is 5.57. The van der Waals surface area contributed by atoms with Crippen LogP contribution in [0.5, 0.6) is 11.5 Å². The molecule has 2 amide bonds. The average Bonchev–Trinajstić information content (AvgIpc) is 2.79. The van der Waals surface area contributed by atoms with Gasteiger partial charge < -0.3 is 20.1 Å². The Hall–Kier alpha value is -4.33. The molecule has 0 saturated heterocycles. The molecule has 0 fully saturated rings. The third kappa shape index (κ3) is 5.48. The van der Waals surface area contributed by atoms with Gasteiger partial charge in [-0.05, 0) is 55.8 Å². The number of fused-ring (bicyclic) bond motifs is 1. The summed E-state index contributed by atoms with van der Waals surface area (Å²) in [6.07, 6.45) is 1.71. The van der Waals surface area contributed by atoms with Gasteiger partial charge in [-0.15, -0.1) is 0 Å². The number of para-hydroxylation sites is 2. The summed E-state index contributed by atoms with van der Waals surface area (Å²) in [4.78, 5) is 29.3. The molecule has 8 heteroatoms. The van der Waals surface area contributed by atoms with Gasteiger partial charge >= 0.3 is 6.03 Å². The largest absolute Gasteiger partial charge is 0.492 e. The number of ether oxygens (including phenoxy) is 2. The predicted octanol–water partition coefficient (Wildman–Crippen LogP) is 4.62. The molecule has 0 aliphatic carbocycles. The van der Waals surface area contributed by atoms with Gasteiger partial charge in [-0.25, -0.2) is 9.78 Å². The van der Waals surface area contributed by atoms with Crippen molar-refractivity contribution in [2.24, 2.45) is 0 Å². The Morgan fingerprint density at radius 2 is 1.85 bits per heavy atom. The molecule has 8 nitrogen and oxygen atoms in total. The zero-order chi connectivity index (χ0) is 23.2. The quantitative estimate of drug-likeness (QED) is 0.434. The molecule has 33 heavy (non-hydrogen) atoms. The van der Waals surface area contributed by atoms with E-state index < -0.39 is 6.03 Å².